The molecule has 1 aromatic heterocycles. The van der Waals surface area contributed by atoms with E-state index in [1.165, 1.54) is 0 Å². The van der Waals surface area contributed by atoms with Crippen LogP contribution in [0.3, 0.4) is 0 Å². The molecule has 5 nitrogen and oxygen atoms in total. The number of nitrogens with zero attached hydrogens (tertiary/aromatic N) is 2. The average Bonchev–Trinajstić information content (AvgIpc) is 3.33. The third-order valence-electron chi connectivity index (χ3n) is 4.32. The number of aromatic nitrogens is 2. The van der Waals surface area contributed by atoms with Crippen LogP contribution in [0.2, 0.25) is 5.02 Å². The van der Waals surface area contributed by atoms with Crippen LogP contribution in [0.5, 0.6) is 17.2 Å². The highest BCUT2D eigenvalue weighted by atomic mass is 35.5. The third kappa shape index (κ3) is 4.63. The van der Waals surface area contributed by atoms with Gasteiger partial charge < -0.3 is 18.8 Å². The molecule has 0 N–H and O–H groups in total. The molecule has 0 fully saturated rings. The number of ether oxygens (including phenoxy) is 3. The van der Waals surface area contributed by atoms with Gasteiger partial charge in [0.05, 0.1) is 18.6 Å². The highest BCUT2D eigenvalue weighted by Crippen LogP contribution is 2.39. The van der Waals surface area contributed by atoms with E-state index in [1.54, 1.807) is 30.6 Å². The van der Waals surface area contributed by atoms with E-state index in [-0.39, 0.29) is 6.79 Å². The highest BCUT2D eigenvalue weighted by molar-refractivity contribution is 8.00. The summed E-state index contributed by atoms with van der Waals surface area (Å²) in [5, 5.41) is 2.55. The molecule has 0 saturated heterocycles. The first kappa shape index (κ1) is 20.3. The standard InChI is InChI=1S/C21H21ClN2O3S2/c1-3-8-28-21-23-20(29-19-7-5-4-6-16(19)25-2)12-24(21)11-14-9-17-18(10-15(14)22)27-13-26-17/h4-7,9-10,12H,3,8,11,13H2,1-2H3. The predicted octanol–water partition coefficient (Wildman–Crippen LogP) is 5.98. The number of imidazole rings is 1. The van der Waals surface area contributed by atoms with Crippen molar-refractivity contribution in [1.82, 2.24) is 9.55 Å². The molecule has 0 bridgehead atoms. The van der Waals surface area contributed by atoms with Crippen molar-refractivity contribution in [2.24, 2.45) is 0 Å². The molecule has 0 aliphatic carbocycles. The van der Waals surface area contributed by atoms with E-state index in [2.05, 4.69) is 17.7 Å². The van der Waals surface area contributed by atoms with Gasteiger partial charge in [0.25, 0.3) is 0 Å². The van der Waals surface area contributed by atoms with Gasteiger partial charge in [0, 0.05) is 23.0 Å². The van der Waals surface area contributed by atoms with E-state index in [9.17, 15) is 0 Å². The number of benzene rings is 2. The summed E-state index contributed by atoms with van der Waals surface area (Å²) in [5.74, 6) is 3.27. The Hall–Kier alpha value is -1.96. The summed E-state index contributed by atoms with van der Waals surface area (Å²) in [4.78, 5) is 5.89. The summed E-state index contributed by atoms with van der Waals surface area (Å²) in [6.45, 7) is 3.01. The largest absolute Gasteiger partial charge is 0.496 e. The van der Waals surface area contributed by atoms with Crippen LogP contribution in [0, 0.1) is 0 Å². The second kappa shape index (κ2) is 9.24. The van der Waals surface area contributed by atoms with E-state index in [0.29, 0.717) is 17.3 Å². The topological polar surface area (TPSA) is 45.5 Å². The molecule has 1 aliphatic rings. The van der Waals surface area contributed by atoms with E-state index in [1.807, 2.05) is 36.4 Å². The number of methoxy groups -OCH3 is 1. The Morgan fingerprint density at radius 1 is 1.21 bits per heavy atom. The first-order valence-electron chi connectivity index (χ1n) is 9.26. The van der Waals surface area contributed by atoms with Gasteiger partial charge in [-0.15, -0.1) is 0 Å². The van der Waals surface area contributed by atoms with Crippen LogP contribution in [0.4, 0.5) is 0 Å². The van der Waals surface area contributed by atoms with Gasteiger partial charge in [-0.1, -0.05) is 54.2 Å². The maximum atomic E-state index is 6.49. The lowest BCUT2D eigenvalue weighted by atomic mass is 10.2. The van der Waals surface area contributed by atoms with Crippen LogP contribution in [0.1, 0.15) is 18.9 Å². The minimum Gasteiger partial charge on any atom is -0.496 e. The number of para-hydroxylation sites is 1. The van der Waals surface area contributed by atoms with Crippen molar-refractivity contribution >= 4 is 35.1 Å². The van der Waals surface area contributed by atoms with Crippen LogP contribution in [-0.2, 0) is 6.54 Å². The molecule has 8 heteroatoms. The van der Waals surface area contributed by atoms with Gasteiger partial charge in [-0.05, 0) is 30.2 Å². The van der Waals surface area contributed by atoms with Gasteiger partial charge in [0.15, 0.2) is 16.7 Å². The summed E-state index contributed by atoms with van der Waals surface area (Å²) in [6, 6.07) is 11.7. The Kier molecular flexibility index (Phi) is 6.47. The number of rotatable bonds is 8. The van der Waals surface area contributed by atoms with Crippen molar-refractivity contribution < 1.29 is 14.2 Å². The molecule has 1 aliphatic heterocycles. The fourth-order valence-electron chi connectivity index (χ4n) is 2.93. The zero-order valence-electron chi connectivity index (χ0n) is 16.2. The van der Waals surface area contributed by atoms with Gasteiger partial charge in [0.1, 0.15) is 10.8 Å². The van der Waals surface area contributed by atoms with Crippen molar-refractivity contribution in [1.29, 1.82) is 0 Å². The maximum absolute atomic E-state index is 6.49. The maximum Gasteiger partial charge on any atom is 0.231 e. The molecule has 2 heterocycles. The molecule has 0 saturated carbocycles. The van der Waals surface area contributed by atoms with Crippen LogP contribution in [-0.4, -0.2) is 29.2 Å². The Morgan fingerprint density at radius 2 is 2.00 bits per heavy atom. The molecule has 0 unspecified atom stereocenters. The first-order valence-corrected chi connectivity index (χ1v) is 11.4. The summed E-state index contributed by atoms with van der Waals surface area (Å²) >= 11 is 9.83. The van der Waals surface area contributed by atoms with Crippen LogP contribution in [0.15, 0.2) is 57.7 Å². The zero-order chi connectivity index (χ0) is 20.2. The second-order valence-electron chi connectivity index (χ2n) is 6.39. The fraction of sp³-hybridized carbons (Fsp3) is 0.286. The molecular formula is C21H21ClN2O3S2. The smallest absolute Gasteiger partial charge is 0.231 e. The van der Waals surface area contributed by atoms with Crippen LogP contribution >= 0.6 is 35.1 Å². The van der Waals surface area contributed by atoms with E-state index >= 15 is 0 Å². The minimum absolute atomic E-state index is 0.234. The van der Waals surface area contributed by atoms with Crippen molar-refractivity contribution in [2.45, 2.75) is 35.0 Å². The lowest BCUT2D eigenvalue weighted by Gasteiger charge is -2.09. The van der Waals surface area contributed by atoms with E-state index in [4.69, 9.17) is 30.8 Å². The predicted molar refractivity (Wildman–Crippen MR) is 117 cm³/mol. The summed E-state index contributed by atoms with van der Waals surface area (Å²) in [5.41, 5.74) is 0.973. The van der Waals surface area contributed by atoms with Crippen molar-refractivity contribution in [3.05, 3.63) is 53.2 Å². The number of fused-ring (bicyclic) bond motifs is 1. The molecule has 0 amide bonds. The third-order valence-corrected chi connectivity index (χ3v) is 6.83. The van der Waals surface area contributed by atoms with Gasteiger partial charge in [-0.25, -0.2) is 4.98 Å². The SMILES string of the molecule is CCCSc1nc(Sc2ccccc2OC)cn1Cc1cc2c(cc1Cl)OCO2. The Balaban J connectivity index is 1.62. The second-order valence-corrected chi connectivity index (χ2v) is 8.92. The molecule has 152 valence electrons. The quantitative estimate of drug-likeness (QED) is 0.395. The van der Waals surface area contributed by atoms with Crippen molar-refractivity contribution in [3.63, 3.8) is 0 Å². The molecule has 0 radical (unpaired) electrons. The lowest BCUT2D eigenvalue weighted by molar-refractivity contribution is 0.174. The first-order chi connectivity index (χ1) is 14.2. The number of halogens is 1. The van der Waals surface area contributed by atoms with Gasteiger partial charge in [-0.2, -0.15) is 0 Å². The molecule has 2 aromatic carbocycles. The summed E-state index contributed by atoms with van der Waals surface area (Å²) < 4.78 is 18.5. The fourth-order valence-corrected chi connectivity index (χ4v) is 4.97. The molecule has 0 spiro atoms. The lowest BCUT2D eigenvalue weighted by Crippen LogP contribution is -2.01. The molecule has 29 heavy (non-hydrogen) atoms. The Labute approximate surface area is 183 Å². The van der Waals surface area contributed by atoms with E-state index < -0.39 is 0 Å². The van der Waals surface area contributed by atoms with Gasteiger partial charge >= 0.3 is 0 Å². The Morgan fingerprint density at radius 3 is 2.79 bits per heavy atom. The minimum atomic E-state index is 0.234. The van der Waals surface area contributed by atoms with Gasteiger partial charge in [0.2, 0.25) is 6.79 Å². The monoisotopic (exact) mass is 448 g/mol. The average molecular weight is 449 g/mol. The van der Waals surface area contributed by atoms with Crippen molar-refractivity contribution in [2.75, 3.05) is 19.7 Å². The highest BCUT2D eigenvalue weighted by Gasteiger charge is 2.18. The summed E-state index contributed by atoms with van der Waals surface area (Å²) in [7, 11) is 1.68. The molecular weight excluding hydrogens is 428 g/mol. The number of thioether (sulfide) groups is 1. The summed E-state index contributed by atoms with van der Waals surface area (Å²) in [6.07, 6.45) is 3.15. The van der Waals surface area contributed by atoms with E-state index in [0.717, 1.165) is 44.3 Å². The number of hydrogen-bond donors (Lipinski definition) is 0. The van der Waals surface area contributed by atoms with Crippen LogP contribution < -0.4 is 14.2 Å². The number of hydrogen-bond acceptors (Lipinski definition) is 6. The Bertz CT molecular complexity index is 1010. The van der Waals surface area contributed by atoms with Crippen LogP contribution in [0.25, 0.3) is 0 Å². The zero-order valence-corrected chi connectivity index (χ0v) is 18.6. The molecule has 3 aromatic rings. The molecule has 0 atom stereocenters. The normalized spacial score (nSPS) is 12.4. The molecule has 4 rings (SSSR count). The van der Waals surface area contributed by atoms with Crippen molar-refractivity contribution in [3.8, 4) is 17.2 Å². The van der Waals surface area contributed by atoms with Gasteiger partial charge in [-0.3, -0.25) is 0 Å².